The molecule has 3 heterocycles. The molecule has 4 aromatic rings. The van der Waals surface area contributed by atoms with Crippen LogP contribution in [0.4, 0.5) is 14.6 Å². The van der Waals surface area contributed by atoms with E-state index in [0.29, 0.717) is 72.0 Å². The first-order valence-corrected chi connectivity index (χ1v) is 19.8. The van der Waals surface area contributed by atoms with E-state index < -0.39 is 29.7 Å². The lowest BCUT2D eigenvalue weighted by Crippen LogP contribution is -2.43. The Hall–Kier alpha value is -3.26. The number of nitrogens with one attached hydrogen (secondary N) is 1. The number of pyridine rings is 1. The van der Waals surface area contributed by atoms with E-state index in [1.165, 1.54) is 22.5 Å². The number of nitrogens with zero attached hydrogens (tertiary/aromatic N) is 4. The monoisotopic (exact) mass is 629 g/mol. The number of carbonyl (C=O) groups excluding carboxylic acids is 1. The number of ether oxygens (including phenoxy) is 1. The van der Waals surface area contributed by atoms with E-state index in [4.69, 9.17) is 14.8 Å². The molecule has 9 nitrogen and oxygen atoms in total. The Balaban J connectivity index is 1.62. The Bertz CT molecular complexity index is 1750. The van der Waals surface area contributed by atoms with Crippen LogP contribution in [0.15, 0.2) is 36.4 Å². The third-order valence-corrected chi connectivity index (χ3v) is 11.4. The van der Waals surface area contributed by atoms with Gasteiger partial charge >= 0.3 is 0 Å². The number of halogens is 2. The van der Waals surface area contributed by atoms with Gasteiger partial charge < -0.3 is 10.1 Å². The molecule has 0 atom stereocenters. The SMILES string of the molecule is CCS(=O)(=O)N1CCC(Nc2nn(COCC[Si](C)(C)C)c3c2nc(-c2c(F)cccc2F)c2cc(C=O)ccc23)CC1. The zero-order valence-corrected chi connectivity index (χ0v) is 26.7. The minimum atomic E-state index is -3.28. The Kier molecular flexibility index (Phi) is 8.98. The van der Waals surface area contributed by atoms with E-state index in [0.717, 1.165) is 6.04 Å². The van der Waals surface area contributed by atoms with Gasteiger partial charge in [-0.1, -0.05) is 37.8 Å². The largest absolute Gasteiger partial charge is 0.364 e. The summed E-state index contributed by atoms with van der Waals surface area (Å²) in [6.07, 6.45) is 1.80. The molecule has 0 radical (unpaired) electrons. The number of hydrogen-bond donors (Lipinski definition) is 1. The van der Waals surface area contributed by atoms with Crippen molar-refractivity contribution >= 4 is 52.0 Å². The number of carbonyl (C=O) groups is 1. The highest BCUT2D eigenvalue weighted by Crippen LogP contribution is 2.38. The quantitative estimate of drug-likeness (QED) is 0.125. The summed E-state index contributed by atoms with van der Waals surface area (Å²) in [4.78, 5) is 16.5. The number of benzene rings is 2. The second-order valence-corrected chi connectivity index (χ2v) is 20.0. The number of anilines is 1. The van der Waals surface area contributed by atoms with Gasteiger partial charge in [0.05, 0.1) is 22.5 Å². The van der Waals surface area contributed by atoms with Crippen LogP contribution in [0.5, 0.6) is 0 Å². The lowest BCUT2D eigenvalue weighted by atomic mass is 9.99. The molecule has 0 spiro atoms. The van der Waals surface area contributed by atoms with Gasteiger partial charge in [0, 0.05) is 50.1 Å². The molecule has 0 saturated carbocycles. The molecule has 1 aliphatic rings. The fourth-order valence-corrected chi connectivity index (χ4v) is 7.21. The molecule has 0 aliphatic carbocycles. The highest BCUT2D eigenvalue weighted by molar-refractivity contribution is 7.89. The molecular weight excluding hydrogens is 593 g/mol. The summed E-state index contributed by atoms with van der Waals surface area (Å²) < 4.78 is 64.2. The highest BCUT2D eigenvalue weighted by atomic mass is 32.2. The van der Waals surface area contributed by atoms with Crippen LogP contribution in [-0.2, 0) is 21.5 Å². The Morgan fingerprint density at radius 1 is 1.09 bits per heavy atom. The van der Waals surface area contributed by atoms with E-state index >= 15 is 8.78 Å². The molecule has 2 aromatic carbocycles. The molecule has 1 fully saturated rings. The third-order valence-electron chi connectivity index (χ3n) is 7.80. The third kappa shape index (κ3) is 6.64. The number of aromatic nitrogens is 3. The van der Waals surface area contributed by atoms with Crippen molar-refractivity contribution in [3.8, 4) is 11.3 Å². The smallest absolute Gasteiger partial charge is 0.213 e. The van der Waals surface area contributed by atoms with Gasteiger partial charge in [0.2, 0.25) is 10.0 Å². The van der Waals surface area contributed by atoms with E-state index in [1.807, 2.05) is 0 Å². The summed E-state index contributed by atoms with van der Waals surface area (Å²) in [5, 5.41) is 9.28. The zero-order valence-electron chi connectivity index (χ0n) is 24.9. The van der Waals surface area contributed by atoms with Gasteiger partial charge in [-0.15, -0.1) is 0 Å². The van der Waals surface area contributed by atoms with Crippen LogP contribution in [0.25, 0.3) is 33.1 Å². The van der Waals surface area contributed by atoms with Gasteiger partial charge in [0.15, 0.2) is 5.82 Å². The van der Waals surface area contributed by atoms with Gasteiger partial charge in [-0.3, -0.25) is 4.79 Å². The zero-order chi connectivity index (χ0) is 30.9. The fourth-order valence-electron chi connectivity index (χ4n) is 5.32. The standard InChI is InChI=1S/C30H37F2N5O4SSi/c1-5-42(39,40)36-13-11-21(12-14-36)33-30-28-29(37(35-30)19-41-15-16-43(2,3)4)22-10-9-20(18-38)17-23(22)27(34-28)26-24(31)7-6-8-25(26)32/h6-10,17-18,21H,5,11-16,19H2,1-4H3,(H,33,35). The van der Waals surface area contributed by atoms with Crippen molar-refractivity contribution < 1.29 is 26.7 Å². The number of fused-ring (bicyclic) bond motifs is 3. The molecule has 43 heavy (non-hydrogen) atoms. The maximum Gasteiger partial charge on any atom is 0.213 e. The van der Waals surface area contributed by atoms with Crippen LogP contribution < -0.4 is 5.32 Å². The summed E-state index contributed by atoms with van der Waals surface area (Å²) in [7, 11) is -4.62. The Labute approximate surface area is 251 Å². The average Bonchev–Trinajstić information content (AvgIpc) is 3.31. The van der Waals surface area contributed by atoms with Crippen LogP contribution in [0.2, 0.25) is 25.7 Å². The first-order valence-electron chi connectivity index (χ1n) is 14.5. The normalized spacial score (nSPS) is 15.4. The van der Waals surface area contributed by atoms with Gasteiger partial charge in [-0.25, -0.2) is 31.2 Å². The lowest BCUT2D eigenvalue weighted by Gasteiger charge is -2.31. The summed E-state index contributed by atoms with van der Waals surface area (Å²) in [6, 6.07) is 9.48. The van der Waals surface area contributed by atoms with Gasteiger partial charge in [0.1, 0.15) is 30.2 Å². The summed E-state index contributed by atoms with van der Waals surface area (Å²) in [5.74, 6) is -1.08. The number of rotatable bonds is 11. The Morgan fingerprint density at radius 3 is 2.42 bits per heavy atom. The number of sulfonamides is 1. The van der Waals surface area contributed by atoms with Gasteiger partial charge in [0.25, 0.3) is 0 Å². The molecule has 13 heteroatoms. The van der Waals surface area contributed by atoms with Crippen molar-refractivity contribution in [1.82, 2.24) is 19.1 Å². The molecule has 1 saturated heterocycles. The van der Waals surface area contributed by atoms with Crippen LogP contribution in [0.3, 0.4) is 0 Å². The van der Waals surface area contributed by atoms with Crippen LogP contribution in [-0.4, -0.2) is 73.3 Å². The second kappa shape index (κ2) is 12.4. The number of piperidine rings is 1. The topological polar surface area (TPSA) is 106 Å². The predicted molar refractivity (Wildman–Crippen MR) is 168 cm³/mol. The number of aldehydes is 1. The van der Waals surface area contributed by atoms with Crippen LogP contribution >= 0.6 is 0 Å². The minimum absolute atomic E-state index is 0.0516. The summed E-state index contributed by atoms with van der Waals surface area (Å²) >= 11 is 0. The molecule has 5 rings (SSSR count). The number of hydrogen-bond acceptors (Lipinski definition) is 7. The average molecular weight is 630 g/mol. The van der Waals surface area contributed by atoms with Crippen molar-refractivity contribution in [2.75, 3.05) is 30.8 Å². The second-order valence-electron chi connectivity index (χ2n) is 12.1. The van der Waals surface area contributed by atoms with Gasteiger partial charge in [-0.2, -0.15) is 5.10 Å². The molecule has 1 N–H and O–H groups in total. The van der Waals surface area contributed by atoms with Crippen molar-refractivity contribution in [2.24, 2.45) is 0 Å². The first-order chi connectivity index (χ1) is 20.4. The van der Waals surface area contributed by atoms with Crippen LogP contribution in [0.1, 0.15) is 30.1 Å². The van der Waals surface area contributed by atoms with Crippen molar-refractivity contribution in [2.45, 2.75) is 58.2 Å². The van der Waals surface area contributed by atoms with Crippen molar-refractivity contribution in [3.63, 3.8) is 0 Å². The van der Waals surface area contributed by atoms with Crippen molar-refractivity contribution in [3.05, 3.63) is 53.6 Å². The lowest BCUT2D eigenvalue weighted by molar-refractivity contribution is 0.0820. The molecule has 0 unspecified atom stereocenters. The first kappa shape index (κ1) is 31.2. The molecule has 1 aliphatic heterocycles. The fraction of sp³-hybridized carbons (Fsp3) is 0.433. The maximum atomic E-state index is 15.1. The van der Waals surface area contributed by atoms with Crippen molar-refractivity contribution in [1.29, 1.82) is 0 Å². The molecule has 2 aromatic heterocycles. The van der Waals surface area contributed by atoms with Crippen LogP contribution in [0, 0.1) is 11.6 Å². The van der Waals surface area contributed by atoms with E-state index in [-0.39, 0.29) is 29.8 Å². The maximum absolute atomic E-state index is 15.1. The minimum Gasteiger partial charge on any atom is -0.364 e. The molecule has 0 bridgehead atoms. The predicted octanol–water partition coefficient (Wildman–Crippen LogP) is 5.88. The highest BCUT2D eigenvalue weighted by Gasteiger charge is 2.29. The van der Waals surface area contributed by atoms with E-state index in [1.54, 1.807) is 29.8 Å². The molecule has 0 amide bonds. The summed E-state index contributed by atoms with van der Waals surface area (Å²) in [6.45, 7) is 9.89. The van der Waals surface area contributed by atoms with Gasteiger partial charge in [-0.05, 0) is 44.0 Å². The van der Waals surface area contributed by atoms with E-state index in [2.05, 4.69) is 25.0 Å². The molecule has 230 valence electrons. The Morgan fingerprint density at radius 2 is 1.79 bits per heavy atom. The summed E-state index contributed by atoms with van der Waals surface area (Å²) in [5.41, 5.74) is 1.13. The molecular formula is C30H37F2N5O4SSi. The van der Waals surface area contributed by atoms with E-state index in [9.17, 15) is 13.2 Å².